The molecule has 0 saturated heterocycles. The van der Waals surface area contributed by atoms with Crippen LogP contribution in [0.1, 0.15) is 57.8 Å². The van der Waals surface area contributed by atoms with Gasteiger partial charge in [-0.1, -0.05) is 25.7 Å². The predicted octanol–water partition coefficient (Wildman–Crippen LogP) is 1.28. The van der Waals surface area contributed by atoms with Gasteiger partial charge in [-0.15, -0.1) is 0 Å². The molecule has 25 heavy (non-hydrogen) atoms. The van der Waals surface area contributed by atoms with Gasteiger partial charge in [0.15, 0.2) is 0 Å². The number of amides is 2. The minimum absolute atomic E-state index is 0.0124. The average Bonchev–Trinajstić information content (AvgIpc) is 3.29. The average molecular weight is 355 g/mol. The van der Waals surface area contributed by atoms with E-state index < -0.39 is 5.97 Å². The second kappa shape index (κ2) is 12.7. The maximum absolute atomic E-state index is 11.4. The SMILES string of the molecule is CNCCNC(=O)C1CCCC1.O=C(O)CCNC(=O)C1CCCC1. The monoisotopic (exact) mass is 355 g/mol. The standard InChI is InChI=1S/C9H18N2O.C9H15NO3/c1-10-6-7-11-9(12)8-4-2-3-5-8;11-8(12)5-6-10-9(13)7-3-1-2-4-7/h8,10H,2-7H2,1H3,(H,11,12);7H,1-6H2,(H,10,13)(H,11,12). The van der Waals surface area contributed by atoms with Crippen LogP contribution in [-0.4, -0.2) is 49.6 Å². The molecule has 0 radical (unpaired) electrons. The van der Waals surface area contributed by atoms with Gasteiger partial charge in [0, 0.05) is 31.5 Å². The summed E-state index contributed by atoms with van der Waals surface area (Å²) in [5, 5.41) is 16.9. The van der Waals surface area contributed by atoms with Crippen LogP contribution in [0.5, 0.6) is 0 Å². The zero-order valence-electron chi connectivity index (χ0n) is 15.3. The molecule has 2 fully saturated rings. The minimum atomic E-state index is -0.869. The third kappa shape index (κ3) is 9.43. The van der Waals surface area contributed by atoms with Crippen LogP contribution in [0.3, 0.4) is 0 Å². The van der Waals surface area contributed by atoms with Gasteiger partial charge >= 0.3 is 5.97 Å². The van der Waals surface area contributed by atoms with Crippen LogP contribution in [0.15, 0.2) is 0 Å². The number of rotatable bonds is 8. The number of carbonyl (C=O) groups is 3. The Labute approximate surface area is 150 Å². The number of hydrogen-bond acceptors (Lipinski definition) is 4. The fourth-order valence-corrected chi connectivity index (χ4v) is 3.27. The highest BCUT2D eigenvalue weighted by Gasteiger charge is 2.22. The van der Waals surface area contributed by atoms with Crippen molar-refractivity contribution in [3.8, 4) is 0 Å². The number of hydrogen-bond donors (Lipinski definition) is 4. The second-order valence-electron chi connectivity index (χ2n) is 6.79. The van der Waals surface area contributed by atoms with E-state index in [-0.39, 0.29) is 30.7 Å². The third-order valence-corrected chi connectivity index (χ3v) is 4.76. The molecule has 2 aliphatic rings. The van der Waals surface area contributed by atoms with Gasteiger partial charge in [-0.25, -0.2) is 0 Å². The summed E-state index contributed by atoms with van der Waals surface area (Å²) in [5.41, 5.74) is 0. The van der Waals surface area contributed by atoms with Gasteiger partial charge in [0.2, 0.25) is 11.8 Å². The first-order valence-corrected chi connectivity index (χ1v) is 9.46. The Morgan fingerprint density at radius 2 is 1.24 bits per heavy atom. The van der Waals surface area contributed by atoms with E-state index in [1.54, 1.807) is 0 Å². The van der Waals surface area contributed by atoms with Crippen molar-refractivity contribution >= 4 is 17.8 Å². The highest BCUT2D eigenvalue weighted by atomic mass is 16.4. The van der Waals surface area contributed by atoms with Gasteiger partial charge in [0.1, 0.15) is 0 Å². The van der Waals surface area contributed by atoms with Crippen molar-refractivity contribution in [2.24, 2.45) is 11.8 Å². The molecule has 0 unspecified atom stereocenters. The molecule has 0 spiro atoms. The van der Waals surface area contributed by atoms with E-state index in [2.05, 4.69) is 16.0 Å². The van der Waals surface area contributed by atoms with E-state index in [9.17, 15) is 14.4 Å². The normalized spacial score (nSPS) is 17.6. The summed E-state index contributed by atoms with van der Waals surface area (Å²) in [6.45, 7) is 1.87. The molecule has 7 heteroatoms. The van der Waals surface area contributed by atoms with Crippen LogP contribution in [0, 0.1) is 11.8 Å². The van der Waals surface area contributed by atoms with Crippen LogP contribution >= 0.6 is 0 Å². The van der Waals surface area contributed by atoms with Gasteiger partial charge in [-0.2, -0.15) is 0 Å². The molecule has 0 aromatic rings. The summed E-state index contributed by atoms with van der Waals surface area (Å²) in [4.78, 5) is 32.9. The topological polar surface area (TPSA) is 108 Å². The Kier molecular flexibility index (Phi) is 10.9. The molecule has 0 heterocycles. The van der Waals surface area contributed by atoms with Crippen molar-refractivity contribution in [3.05, 3.63) is 0 Å². The van der Waals surface area contributed by atoms with E-state index in [0.29, 0.717) is 5.92 Å². The van der Waals surface area contributed by atoms with Crippen molar-refractivity contribution in [3.63, 3.8) is 0 Å². The third-order valence-electron chi connectivity index (χ3n) is 4.76. The molecule has 144 valence electrons. The molecule has 7 nitrogen and oxygen atoms in total. The quantitative estimate of drug-likeness (QED) is 0.491. The fourth-order valence-electron chi connectivity index (χ4n) is 3.27. The lowest BCUT2D eigenvalue weighted by Gasteiger charge is -2.09. The highest BCUT2D eigenvalue weighted by Crippen LogP contribution is 2.25. The van der Waals surface area contributed by atoms with Crippen molar-refractivity contribution in [1.82, 2.24) is 16.0 Å². The molecule has 2 rings (SSSR count). The van der Waals surface area contributed by atoms with Crippen molar-refractivity contribution in [2.75, 3.05) is 26.7 Å². The molecule has 0 aliphatic heterocycles. The zero-order valence-corrected chi connectivity index (χ0v) is 15.3. The van der Waals surface area contributed by atoms with Crippen LogP contribution < -0.4 is 16.0 Å². The smallest absolute Gasteiger partial charge is 0.305 e. The lowest BCUT2D eigenvalue weighted by molar-refractivity contribution is -0.137. The van der Waals surface area contributed by atoms with Crippen molar-refractivity contribution in [2.45, 2.75) is 57.8 Å². The molecule has 4 N–H and O–H groups in total. The van der Waals surface area contributed by atoms with Crippen LogP contribution in [0.25, 0.3) is 0 Å². The second-order valence-corrected chi connectivity index (χ2v) is 6.79. The lowest BCUT2D eigenvalue weighted by atomic mass is 10.1. The summed E-state index contributed by atoms with van der Waals surface area (Å²) < 4.78 is 0. The molecule has 0 atom stereocenters. The Morgan fingerprint density at radius 1 is 0.800 bits per heavy atom. The summed E-state index contributed by atoms with van der Waals surface area (Å²) in [6, 6.07) is 0. The van der Waals surface area contributed by atoms with Gasteiger partial charge in [0.05, 0.1) is 6.42 Å². The lowest BCUT2D eigenvalue weighted by Crippen LogP contribution is -2.34. The maximum Gasteiger partial charge on any atom is 0.305 e. The van der Waals surface area contributed by atoms with E-state index in [1.807, 2.05) is 7.05 Å². The molecule has 2 saturated carbocycles. The molecular weight excluding hydrogens is 322 g/mol. The van der Waals surface area contributed by atoms with Crippen molar-refractivity contribution in [1.29, 1.82) is 0 Å². The Balaban J connectivity index is 0.000000251. The molecule has 0 aromatic carbocycles. The molecule has 0 bridgehead atoms. The first kappa shape index (κ1) is 21.4. The van der Waals surface area contributed by atoms with Crippen LogP contribution in [-0.2, 0) is 14.4 Å². The van der Waals surface area contributed by atoms with E-state index in [4.69, 9.17) is 5.11 Å². The van der Waals surface area contributed by atoms with E-state index in [0.717, 1.165) is 51.6 Å². The number of carbonyl (C=O) groups excluding carboxylic acids is 2. The van der Waals surface area contributed by atoms with E-state index >= 15 is 0 Å². The summed E-state index contributed by atoms with van der Waals surface area (Å²) >= 11 is 0. The van der Waals surface area contributed by atoms with Crippen molar-refractivity contribution < 1.29 is 19.5 Å². The molecule has 2 amide bonds. The molecule has 0 aromatic heterocycles. The van der Waals surface area contributed by atoms with Gasteiger partial charge < -0.3 is 21.1 Å². The number of likely N-dealkylation sites (N-methyl/N-ethyl adjacent to an activating group) is 1. The number of carboxylic acids is 1. The fraction of sp³-hybridized carbons (Fsp3) is 0.833. The van der Waals surface area contributed by atoms with Crippen LogP contribution in [0.4, 0.5) is 0 Å². The number of nitrogens with one attached hydrogen (secondary N) is 3. The Hall–Kier alpha value is -1.63. The molecular formula is C18H33N3O4. The Morgan fingerprint density at radius 3 is 1.64 bits per heavy atom. The largest absolute Gasteiger partial charge is 0.481 e. The number of aliphatic carboxylic acids is 1. The first-order chi connectivity index (χ1) is 12.0. The minimum Gasteiger partial charge on any atom is -0.481 e. The summed E-state index contributed by atoms with van der Waals surface area (Å²) in [5.74, 6) is -0.149. The van der Waals surface area contributed by atoms with Gasteiger partial charge in [-0.3, -0.25) is 14.4 Å². The first-order valence-electron chi connectivity index (χ1n) is 9.46. The van der Waals surface area contributed by atoms with Gasteiger partial charge in [0.25, 0.3) is 0 Å². The highest BCUT2D eigenvalue weighted by molar-refractivity contribution is 5.79. The molecule has 2 aliphatic carbocycles. The summed E-state index contributed by atoms with van der Waals surface area (Å²) in [6.07, 6.45) is 8.80. The number of carboxylic acid groups (broad SMARTS) is 1. The zero-order chi connectivity index (χ0) is 18.5. The summed E-state index contributed by atoms with van der Waals surface area (Å²) in [7, 11) is 1.89. The Bertz CT molecular complexity index is 417. The van der Waals surface area contributed by atoms with Crippen LogP contribution in [0.2, 0.25) is 0 Å². The van der Waals surface area contributed by atoms with E-state index in [1.165, 1.54) is 12.8 Å². The predicted molar refractivity (Wildman–Crippen MR) is 96.1 cm³/mol. The maximum atomic E-state index is 11.4. The van der Waals surface area contributed by atoms with Gasteiger partial charge in [-0.05, 0) is 32.7 Å².